The number of aromatic nitrogens is 1. The van der Waals surface area contributed by atoms with Crippen molar-refractivity contribution in [2.75, 3.05) is 26.4 Å². The summed E-state index contributed by atoms with van der Waals surface area (Å²) < 4.78 is 5.13. The third-order valence-electron chi connectivity index (χ3n) is 3.88. The first-order valence-corrected chi connectivity index (χ1v) is 8.00. The molecule has 1 saturated heterocycles. The zero-order chi connectivity index (χ0) is 15.6. The van der Waals surface area contributed by atoms with Crippen LogP contribution in [0.2, 0.25) is 0 Å². The molecule has 0 spiro atoms. The summed E-state index contributed by atoms with van der Waals surface area (Å²) in [5.74, 6) is -0.164. The number of amides is 1. The van der Waals surface area contributed by atoms with Crippen LogP contribution in [-0.2, 0) is 4.74 Å². The second-order valence-electron chi connectivity index (χ2n) is 5.64. The van der Waals surface area contributed by atoms with Crippen molar-refractivity contribution >= 4 is 17.2 Å². The number of thiophene rings is 1. The third kappa shape index (κ3) is 2.90. The van der Waals surface area contributed by atoms with E-state index in [0.29, 0.717) is 31.0 Å². The number of hydrogen-bond acceptors (Lipinski definition) is 5. The van der Waals surface area contributed by atoms with Gasteiger partial charge in [0.15, 0.2) is 0 Å². The van der Waals surface area contributed by atoms with E-state index in [-0.39, 0.29) is 17.9 Å². The average Bonchev–Trinajstić information content (AvgIpc) is 3.00. The molecule has 0 radical (unpaired) electrons. The van der Waals surface area contributed by atoms with Crippen molar-refractivity contribution in [3.8, 4) is 10.6 Å². The topological polar surface area (TPSA) is 71.5 Å². The molecular formula is C16H18N2O3S. The summed E-state index contributed by atoms with van der Waals surface area (Å²) in [6.45, 7) is 3.23. The molecule has 1 amide bonds. The first-order chi connectivity index (χ1) is 10.6. The maximum atomic E-state index is 12.3. The fraction of sp³-hybridized carbons (Fsp3) is 0.375. The number of hydrogen-bond donors (Lipinski definition) is 2. The lowest BCUT2D eigenvalue weighted by Gasteiger charge is -2.39. The van der Waals surface area contributed by atoms with Gasteiger partial charge in [-0.1, -0.05) is 6.07 Å². The van der Waals surface area contributed by atoms with E-state index in [1.165, 1.54) is 0 Å². The Hall–Kier alpha value is -1.76. The summed E-state index contributed by atoms with van der Waals surface area (Å²) in [4.78, 5) is 17.9. The highest BCUT2D eigenvalue weighted by molar-refractivity contribution is 7.13. The summed E-state index contributed by atoms with van der Waals surface area (Å²) in [5.41, 5.74) is 1.82. The van der Waals surface area contributed by atoms with Crippen molar-refractivity contribution in [3.63, 3.8) is 0 Å². The van der Waals surface area contributed by atoms with Crippen LogP contribution in [0.3, 0.4) is 0 Å². The van der Waals surface area contributed by atoms with Gasteiger partial charge < -0.3 is 15.2 Å². The molecule has 2 aromatic rings. The van der Waals surface area contributed by atoms with Crippen molar-refractivity contribution in [3.05, 3.63) is 40.9 Å². The first-order valence-electron chi connectivity index (χ1n) is 7.12. The molecule has 2 aromatic heterocycles. The Balaban J connectivity index is 1.70. The van der Waals surface area contributed by atoms with E-state index in [4.69, 9.17) is 4.74 Å². The van der Waals surface area contributed by atoms with Crippen molar-refractivity contribution in [2.24, 2.45) is 5.41 Å². The van der Waals surface area contributed by atoms with Gasteiger partial charge in [0.05, 0.1) is 47.1 Å². The maximum Gasteiger partial charge on any atom is 0.253 e. The zero-order valence-electron chi connectivity index (χ0n) is 12.3. The Labute approximate surface area is 133 Å². The number of ether oxygens (including phenoxy) is 1. The van der Waals surface area contributed by atoms with Gasteiger partial charge in [0.1, 0.15) is 0 Å². The van der Waals surface area contributed by atoms with Gasteiger partial charge in [0, 0.05) is 6.54 Å². The van der Waals surface area contributed by atoms with Gasteiger partial charge in [-0.3, -0.25) is 9.78 Å². The summed E-state index contributed by atoms with van der Waals surface area (Å²) in [7, 11) is 0. The zero-order valence-corrected chi connectivity index (χ0v) is 13.2. The molecule has 1 fully saturated rings. The summed E-state index contributed by atoms with van der Waals surface area (Å²) >= 11 is 1.62. The summed E-state index contributed by atoms with van der Waals surface area (Å²) in [6.07, 6.45) is 0. The standard InChI is InChI=1S/C16H18N2O3S/c1-11-12(4-5-13(18-11)14-3-2-6-22-14)15(20)17-7-16(8-19)9-21-10-16/h2-6,19H,7-10H2,1H3,(H,17,20). The number of aliphatic hydroxyl groups excluding tert-OH is 1. The monoisotopic (exact) mass is 318 g/mol. The molecule has 1 aliphatic rings. The molecule has 0 aromatic carbocycles. The van der Waals surface area contributed by atoms with Crippen LogP contribution in [-0.4, -0.2) is 42.4 Å². The van der Waals surface area contributed by atoms with Gasteiger partial charge in [-0.15, -0.1) is 11.3 Å². The van der Waals surface area contributed by atoms with Crippen LogP contribution in [0.1, 0.15) is 16.1 Å². The highest BCUT2D eigenvalue weighted by Gasteiger charge is 2.38. The van der Waals surface area contributed by atoms with Gasteiger partial charge in [0.2, 0.25) is 0 Å². The lowest BCUT2D eigenvalue weighted by molar-refractivity contribution is -0.133. The molecular weight excluding hydrogens is 300 g/mol. The van der Waals surface area contributed by atoms with Crippen LogP contribution in [0, 0.1) is 12.3 Å². The highest BCUT2D eigenvalue weighted by atomic mass is 32.1. The second kappa shape index (κ2) is 6.16. The second-order valence-corrected chi connectivity index (χ2v) is 6.59. The fourth-order valence-corrected chi connectivity index (χ4v) is 3.06. The Morgan fingerprint density at radius 1 is 1.45 bits per heavy atom. The van der Waals surface area contributed by atoms with E-state index < -0.39 is 0 Å². The van der Waals surface area contributed by atoms with E-state index in [9.17, 15) is 9.90 Å². The lowest BCUT2D eigenvalue weighted by Crippen LogP contribution is -2.53. The molecule has 0 bridgehead atoms. The van der Waals surface area contributed by atoms with E-state index in [1.807, 2.05) is 30.5 Å². The van der Waals surface area contributed by atoms with E-state index in [0.717, 1.165) is 10.6 Å². The van der Waals surface area contributed by atoms with Gasteiger partial charge in [-0.2, -0.15) is 0 Å². The van der Waals surface area contributed by atoms with Crippen molar-refractivity contribution < 1.29 is 14.6 Å². The van der Waals surface area contributed by atoms with E-state index >= 15 is 0 Å². The Kier molecular flexibility index (Phi) is 4.24. The average molecular weight is 318 g/mol. The molecule has 0 aliphatic carbocycles. The Morgan fingerprint density at radius 3 is 2.82 bits per heavy atom. The molecule has 0 atom stereocenters. The molecule has 2 N–H and O–H groups in total. The SMILES string of the molecule is Cc1nc(-c2cccs2)ccc1C(=O)NCC1(CO)COC1. The fourth-order valence-electron chi connectivity index (χ4n) is 2.37. The Bertz CT molecular complexity index is 661. The molecule has 116 valence electrons. The molecule has 1 aliphatic heterocycles. The number of nitrogens with zero attached hydrogens (tertiary/aromatic N) is 1. The molecule has 5 nitrogen and oxygen atoms in total. The van der Waals surface area contributed by atoms with Crippen LogP contribution in [0.5, 0.6) is 0 Å². The minimum atomic E-state index is -0.325. The minimum absolute atomic E-state index is 0.0157. The van der Waals surface area contributed by atoms with E-state index in [1.54, 1.807) is 17.4 Å². The largest absolute Gasteiger partial charge is 0.396 e. The van der Waals surface area contributed by atoms with Crippen LogP contribution >= 0.6 is 11.3 Å². The third-order valence-corrected chi connectivity index (χ3v) is 4.77. The normalized spacial score (nSPS) is 16.1. The molecule has 0 saturated carbocycles. The van der Waals surface area contributed by atoms with Crippen molar-refractivity contribution in [1.29, 1.82) is 0 Å². The molecule has 3 heterocycles. The number of nitrogens with one attached hydrogen (secondary N) is 1. The predicted octanol–water partition coefficient (Wildman–Crippen LogP) is 1.86. The van der Waals surface area contributed by atoms with Crippen molar-refractivity contribution in [1.82, 2.24) is 10.3 Å². The van der Waals surface area contributed by atoms with Gasteiger partial charge in [-0.05, 0) is 30.5 Å². The smallest absolute Gasteiger partial charge is 0.253 e. The number of pyridine rings is 1. The molecule has 3 rings (SSSR count). The number of carbonyl (C=O) groups is 1. The highest BCUT2D eigenvalue weighted by Crippen LogP contribution is 2.26. The maximum absolute atomic E-state index is 12.3. The Morgan fingerprint density at radius 2 is 2.27 bits per heavy atom. The first kappa shape index (κ1) is 15.1. The molecule has 0 unspecified atom stereocenters. The van der Waals surface area contributed by atoms with Crippen LogP contribution < -0.4 is 5.32 Å². The predicted molar refractivity (Wildman–Crippen MR) is 85.0 cm³/mol. The van der Waals surface area contributed by atoms with Crippen LogP contribution in [0.15, 0.2) is 29.6 Å². The number of aryl methyl sites for hydroxylation is 1. The number of carbonyl (C=O) groups excluding carboxylic acids is 1. The number of aliphatic hydroxyl groups is 1. The van der Waals surface area contributed by atoms with Crippen LogP contribution in [0.25, 0.3) is 10.6 Å². The quantitative estimate of drug-likeness (QED) is 0.883. The van der Waals surface area contributed by atoms with Gasteiger partial charge >= 0.3 is 0 Å². The number of rotatable bonds is 5. The van der Waals surface area contributed by atoms with E-state index in [2.05, 4.69) is 10.3 Å². The van der Waals surface area contributed by atoms with Gasteiger partial charge in [-0.25, -0.2) is 0 Å². The van der Waals surface area contributed by atoms with Crippen LogP contribution in [0.4, 0.5) is 0 Å². The summed E-state index contributed by atoms with van der Waals surface area (Å²) in [5, 5.41) is 14.2. The molecule has 6 heteroatoms. The molecule has 22 heavy (non-hydrogen) atoms. The van der Waals surface area contributed by atoms with Gasteiger partial charge in [0.25, 0.3) is 5.91 Å². The van der Waals surface area contributed by atoms with Crippen molar-refractivity contribution in [2.45, 2.75) is 6.92 Å². The summed E-state index contributed by atoms with van der Waals surface area (Å²) in [6, 6.07) is 7.65. The lowest BCUT2D eigenvalue weighted by atomic mass is 9.87. The minimum Gasteiger partial charge on any atom is -0.396 e.